The molecule has 1 aromatic rings. The predicted molar refractivity (Wildman–Crippen MR) is 79.2 cm³/mol. The van der Waals surface area contributed by atoms with E-state index in [1.807, 2.05) is 18.4 Å². The van der Waals surface area contributed by atoms with Crippen molar-refractivity contribution in [1.29, 1.82) is 0 Å². The van der Waals surface area contributed by atoms with Gasteiger partial charge in [0.1, 0.15) is 0 Å². The number of hydrogen-bond acceptors (Lipinski definition) is 3. The van der Waals surface area contributed by atoms with Gasteiger partial charge >= 0.3 is 6.03 Å². The molecule has 1 aliphatic heterocycles. The van der Waals surface area contributed by atoms with Gasteiger partial charge < -0.3 is 15.4 Å². The Bertz CT molecular complexity index is 450. The van der Waals surface area contributed by atoms with Crippen molar-refractivity contribution in [2.75, 3.05) is 24.8 Å². The lowest BCUT2D eigenvalue weighted by Gasteiger charge is -2.23. The molecule has 2 N–H and O–H groups in total. The van der Waals surface area contributed by atoms with Crippen LogP contribution in [0.3, 0.4) is 0 Å². The smallest absolute Gasteiger partial charge is 0.319 e. The number of ether oxygens (including phenoxy) is 1. The van der Waals surface area contributed by atoms with Gasteiger partial charge in [0.25, 0.3) is 0 Å². The number of urea groups is 1. The molecule has 0 aliphatic carbocycles. The van der Waals surface area contributed by atoms with Gasteiger partial charge in [-0.15, -0.1) is 11.8 Å². The van der Waals surface area contributed by atoms with E-state index in [1.54, 1.807) is 17.8 Å². The van der Waals surface area contributed by atoms with Crippen LogP contribution in [0.25, 0.3) is 0 Å². The summed E-state index contributed by atoms with van der Waals surface area (Å²) in [6, 6.07) is 5.47. The molecule has 1 heterocycles. The highest BCUT2D eigenvalue weighted by Crippen LogP contribution is 2.28. The largest absolute Gasteiger partial charge is 0.381 e. The first-order valence-electron chi connectivity index (χ1n) is 6.18. The molecule has 19 heavy (non-hydrogen) atoms. The molecule has 4 nitrogen and oxygen atoms in total. The lowest BCUT2D eigenvalue weighted by Crippen LogP contribution is -2.41. The Morgan fingerprint density at radius 3 is 2.84 bits per heavy atom. The number of carbonyl (C=O) groups is 1. The molecule has 2 rings (SSSR count). The minimum Gasteiger partial charge on any atom is -0.381 e. The highest BCUT2D eigenvalue weighted by molar-refractivity contribution is 7.98. The van der Waals surface area contributed by atoms with Gasteiger partial charge in [0.15, 0.2) is 0 Å². The fraction of sp³-hybridized carbons (Fsp3) is 0.462. The molecule has 0 atom stereocenters. The number of rotatable bonds is 3. The van der Waals surface area contributed by atoms with Crippen LogP contribution in [-0.2, 0) is 4.74 Å². The summed E-state index contributed by atoms with van der Waals surface area (Å²) in [6.07, 6.45) is 3.68. The average Bonchev–Trinajstić information content (AvgIpc) is 2.40. The number of thioether (sulfide) groups is 1. The van der Waals surface area contributed by atoms with Crippen molar-refractivity contribution in [2.45, 2.75) is 23.8 Å². The minimum atomic E-state index is -0.190. The predicted octanol–water partition coefficient (Wildman–Crippen LogP) is 3.36. The van der Waals surface area contributed by atoms with Crippen LogP contribution in [0.1, 0.15) is 12.8 Å². The molecule has 1 fully saturated rings. The maximum atomic E-state index is 11.9. The van der Waals surface area contributed by atoms with Crippen LogP contribution in [-0.4, -0.2) is 31.5 Å². The summed E-state index contributed by atoms with van der Waals surface area (Å²) in [6.45, 7) is 1.41. The van der Waals surface area contributed by atoms with Crippen LogP contribution in [0.4, 0.5) is 10.5 Å². The van der Waals surface area contributed by atoms with Crippen molar-refractivity contribution in [3.63, 3.8) is 0 Å². The Labute approximate surface area is 122 Å². The van der Waals surface area contributed by atoms with Crippen molar-refractivity contribution < 1.29 is 9.53 Å². The molecule has 0 saturated carbocycles. The number of nitrogens with one attached hydrogen (secondary N) is 2. The van der Waals surface area contributed by atoms with E-state index in [0.29, 0.717) is 18.2 Å². The van der Waals surface area contributed by atoms with E-state index in [0.717, 1.165) is 23.4 Å². The molecule has 104 valence electrons. The third kappa shape index (κ3) is 4.30. The van der Waals surface area contributed by atoms with Crippen molar-refractivity contribution >= 4 is 35.1 Å². The van der Waals surface area contributed by atoms with E-state index in [2.05, 4.69) is 10.6 Å². The van der Waals surface area contributed by atoms with Crippen LogP contribution >= 0.6 is 23.4 Å². The van der Waals surface area contributed by atoms with Gasteiger partial charge in [-0.3, -0.25) is 0 Å². The molecule has 1 saturated heterocycles. The number of hydrogen-bond donors (Lipinski definition) is 2. The van der Waals surface area contributed by atoms with Gasteiger partial charge in [0, 0.05) is 29.2 Å². The first-order valence-corrected chi connectivity index (χ1v) is 7.78. The van der Waals surface area contributed by atoms with Gasteiger partial charge in [-0.25, -0.2) is 4.79 Å². The molecular formula is C13H17ClN2O2S. The third-order valence-electron chi connectivity index (χ3n) is 2.97. The van der Waals surface area contributed by atoms with E-state index in [9.17, 15) is 4.79 Å². The van der Waals surface area contributed by atoms with Crippen LogP contribution in [0.5, 0.6) is 0 Å². The number of amides is 2. The Balaban J connectivity index is 1.95. The minimum absolute atomic E-state index is 0.186. The maximum absolute atomic E-state index is 11.9. The van der Waals surface area contributed by atoms with Crippen molar-refractivity contribution in [3.8, 4) is 0 Å². The molecule has 1 aromatic carbocycles. The second kappa shape index (κ2) is 7.03. The fourth-order valence-electron chi connectivity index (χ4n) is 1.96. The maximum Gasteiger partial charge on any atom is 0.319 e. The summed E-state index contributed by atoms with van der Waals surface area (Å²) in [7, 11) is 0. The summed E-state index contributed by atoms with van der Waals surface area (Å²) in [5.74, 6) is 0. The lowest BCUT2D eigenvalue weighted by molar-refractivity contribution is 0.0806. The number of anilines is 1. The fourth-order valence-corrected chi connectivity index (χ4v) is 2.67. The van der Waals surface area contributed by atoms with Crippen LogP contribution < -0.4 is 10.6 Å². The average molecular weight is 301 g/mol. The molecule has 0 bridgehead atoms. The zero-order chi connectivity index (χ0) is 13.7. The highest BCUT2D eigenvalue weighted by Gasteiger charge is 2.16. The monoisotopic (exact) mass is 300 g/mol. The quantitative estimate of drug-likeness (QED) is 0.842. The Morgan fingerprint density at radius 2 is 2.16 bits per heavy atom. The Kier molecular flexibility index (Phi) is 5.36. The summed E-state index contributed by atoms with van der Waals surface area (Å²) in [5.41, 5.74) is 0.740. The summed E-state index contributed by atoms with van der Waals surface area (Å²) in [4.78, 5) is 12.9. The number of benzene rings is 1. The van der Waals surface area contributed by atoms with E-state index in [1.165, 1.54) is 0 Å². The topological polar surface area (TPSA) is 50.4 Å². The third-order valence-corrected chi connectivity index (χ3v) is 4.00. The van der Waals surface area contributed by atoms with E-state index >= 15 is 0 Å². The first-order chi connectivity index (χ1) is 9.19. The second-order valence-corrected chi connectivity index (χ2v) is 5.61. The van der Waals surface area contributed by atoms with Crippen LogP contribution in [0.2, 0.25) is 5.02 Å². The molecule has 6 heteroatoms. The van der Waals surface area contributed by atoms with E-state index < -0.39 is 0 Å². The van der Waals surface area contributed by atoms with Gasteiger partial charge in [-0.05, 0) is 37.3 Å². The van der Waals surface area contributed by atoms with Crippen molar-refractivity contribution in [3.05, 3.63) is 23.2 Å². The molecule has 0 radical (unpaired) electrons. The highest BCUT2D eigenvalue weighted by atomic mass is 35.5. The Morgan fingerprint density at radius 1 is 1.42 bits per heavy atom. The molecule has 0 unspecified atom stereocenters. The SMILES string of the molecule is CSc1ccc(Cl)cc1NC(=O)NC1CCOCC1. The summed E-state index contributed by atoms with van der Waals surface area (Å²) in [5, 5.41) is 6.42. The molecular weight excluding hydrogens is 284 g/mol. The lowest BCUT2D eigenvalue weighted by atomic mass is 10.1. The van der Waals surface area contributed by atoms with Gasteiger partial charge in [0.2, 0.25) is 0 Å². The summed E-state index contributed by atoms with van der Waals surface area (Å²) >= 11 is 7.52. The van der Waals surface area contributed by atoms with Gasteiger partial charge in [-0.1, -0.05) is 11.6 Å². The zero-order valence-electron chi connectivity index (χ0n) is 10.7. The molecule has 1 aliphatic rings. The molecule has 0 spiro atoms. The molecule has 0 aromatic heterocycles. The first kappa shape index (κ1) is 14.5. The van der Waals surface area contributed by atoms with Gasteiger partial charge in [-0.2, -0.15) is 0 Å². The normalized spacial score (nSPS) is 16.1. The molecule has 2 amide bonds. The van der Waals surface area contributed by atoms with Crippen molar-refractivity contribution in [1.82, 2.24) is 5.32 Å². The standard InChI is InChI=1S/C13H17ClN2O2S/c1-19-12-3-2-9(14)8-11(12)16-13(17)15-10-4-6-18-7-5-10/h2-3,8,10H,4-7H2,1H3,(H2,15,16,17). The zero-order valence-corrected chi connectivity index (χ0v) is 12.3. The Hall–Kier alpha value is -0.910. The summed E-state index contributed by atoms with van der Waals surface area (Å²) < 4.78 is 5.26. The van der Waals surface area contributed by atoms with Gasteiger partial charge in [0.05, 0.1) is 5.69 Å². The van der Waals surface area contributed by atoms with Crippen LogP contribution in [0, 0.1) is 0 Å². The second-order valence-electron chi connectivity index (χ2n) is 4.33. The van der Waals surface area contributed by atoms with Crippen LogP contribution in [0.15, 0.2) is 23.1 Å². The van der Waals surface area contributed by atoms with E-state index in [-0.39, 0.29) is 12.1 Å². The number of carbonyl (C=O) groups excluding carboxylic acids is 1. The van der Waals surface area contributed by atoms with E-state index in [4.69, 9.17) is 16.3 Å². The number of halogens is 1. The van der Waals surface area contributed by atoms with Crippen molar-refractivity contribution in [2.24, 2.45) is 0 Å².